The number of rotatable bonds is 7. The zero-order valence-corrected chi connectivity index (χ0v) is 16.0. The van der Waals surface area contributed by atoms with E-state index in [-0.39, 0.29) is 18.0 Å². The predicted molar refractivity (Wildman–Crippen MR) is 98.2 cm³/mol. The Morgan fingerprint density at radius 2 is 1.19 bits per heavy atom. The van der Waals surface area contributed by atoms with Crippen LogP contribution in [0.15, 0.2) is 48.5 Å². The third-order valence-electron chi connectivity index (χ3n) is 3.68. The van der Waals surface area contributed by atoms with Crippen molar-refractivity contribution in [3.63, 3.8) is 0 Å². The molecule has 0 aliphatic carbocycles. The number of aliphatic carboxylic acids is 1. The number of carboxylic acid groups (broad SMARTS) is 1. The molecule has 0 saturated heterocycles. The SMILES string of the molecule is CCOC(=O)C(F)(F)c1ccc([N+](=O)[O-])cc1.O=C(O)C(F)(F)c1ccc([N+](=O)[O-])cc1. The molecule has 0 amide bonds. The van der Waals surface area contributed by atoms with Crippen LogP contribution in [0.1, 0.15) is 18.1 Å². The monoisotopic (exact) mass is 462 g/mol. The van der Waals surface area contributed by atoms with E-state index in [1.807, 2.05) is 0 Å². The Bertz CT molecular complexity index is 995. The summed E-state index contributed by atoms with van der Waals surface area (Å²) < 4.78 is 56.7. The van der Waals surface area contributed by atoms with Crippen LogP contribution in [-0.4, -0.2) is 33.5 Å². The lowest BCUT2D eigenvalue weighted by molar-refractivity contribution is -0.385. The maximum atomic E-state index is 13.4. The predicted octanol–water partition coefficient (Wildman–Crippen LogP) is 4.02. The van der Waals surface area contributed by atoms with Crippen molar-refractivity contribution in [2.24, 2.45) is 0 Å². The van der Waals surface area contributed by atoms with E-state index in [0.717, 1.165) is 36.4 Å². The van der Waals surface area contributed by atoms with E-state index in [0.29, 0.717) is 12.1 Å². The van der Waals surface area contributed by atoms with Crippen LogP contribution in [0.3, 0.4) is 0 Å². The van der Waals surface area contributed by atoms with E-state index >= 15 is 0 Å². The Morgan fingerprint density at radius 1 is 0.844 bits per heavy atom. The molecule has 0 aromatic heterocycles. The Hall–Kier alpha value is -4.10. The minimum absolute atomic E-state index is 0.165. The first-order valence-electron chi connectivity index (χ1n) is 8.41. The summed E-state index contributed by atoms with van der Waals surface area (Å²) in [7, 11) is 0. The Morgan fingerprint density at radius 3 is 1.47 bits per heavy atom. The molecule has 0 unspecified atom stereocenters. The van der Waals surface area contributed by atoms with E-state index in [9.17, 15) is 47.4 Å². The van der Waals surface area contributed by atoms with Crippen molar-refractivity contribution < 1.29 is 46.8 Å². The van der Waals surface area contributed by atoms with Gasteiger partial charge >= 0.3 is 23.8 Å². The number of nitrogens with zero attached hydrogens (tertiary/aromatic N) is 2. The Labute approximate surface area is 176 Å². The molecule has 0 spiro atoms. The normalized spacial score (nSPS) is 11.0. The Balaban J connectivity index is 0.000000323. The molecule has 1 N–H and O–H groups in total. The first kappa shape index (κ1) is 25.9. The first-order chi connectivity index (χ1) is 14.7. The molecule has 0 atom stereocenters. The van der Waals surface area contributed by atoms with Crippen molar-refractivity contribution in [2.45, 2.75) is 18.8 Å². The van der Waals surface area contributed by atoms with Gasteiger partial charge in [-0.3, -0.25) is 20.2 Å². The molecule has 0 radical (unpaired) electrons. The van der Waals surface area contributed by atoms with Crippen LogP contribution >= 0.6 is 0 Å². The number of ether oxygens (including phenoxy) is 1. The number of esters is 1. The van der Waals surface area contributed by atoms with Gasteiger partial charge in [-0.1, -0.05) is 0 Å². The van der Waals surface area contributed by atoms with Crippen LogP contribution in [0, 0.1) is 20.2 Å². The van der Waals surface area contributed by atoms with Crippen LogP contribution < -0.4 is 0 Å². The summed E-state index contributed by atoms with van der Waals surface area (Å²) in [5, 5.41) is 28.7. The van der Waals surface area contributed by atoms with E-state index in [2.05, 4.69) is 4.74 Å². The summed E-state index contributed by atoms with van der Waals surface area (Å²) in [4.78, 5) is 40.2. The highest BCUT2D eigenvalue weighted by molar-refractivity contribution is 5.79. The third-order valence-corrected chi connectivity index (χ3v) is 3.68. The number of benzene rings is 2. The Kier molecular flexibility index (Phi) is 8.33. The van der Waals surface area contributed by atoms with Crippen molar-refractivity contribution in [1.29, 1.82) is 0 Å². The lowest BCUT2D eigenvalue weighted by Crippen LogP contribution is -2.28. The van der Waals surface area contributed by atoms with Gasteiger partial charge in [0.25, 0.3) is 11.4 Å². The molecule has 172 valence electrons. The summed E-state index contributed by atoms with van der Waals surface area (Å²) in [5.74, 6) is -11.8. The molecular formula is C18H14F4N2O8. The van der Waals surface area contributed by atoms with Crippen molar-refractivity contribution in [3.05, 3.63) is 79.9 Å². The minimum atomic E-state index is -4.03. The highest BCUT2D eigenvalue weighted by Gasteiger charge is 2.43. The van der Waals surface area contributed by atoms with Crippen molar-refractivity contribution >= 4 is 23.3 Å². The zero-order valence-electron chi connectivity index (χ0n) is 16.0. The van der Waals surface area contributed by atoms with Gasteiger partial charge in [-0.05, 0) is 31.2 Å². The molecule has 10 nitrogen and oxygen atoms in total. The fourth-order valence-electron chi connectivity index (χ4n) is 2.05. The maximum Gasteiger partial charge on any atom is 0.381 e. The second kappa shape index (κ2) is 10.3. The van der Waals surface area contributed by atoms with Gasteiger partial charge in [0.2, 0.25) is 0 Å². The average molecular weight is 462 g/mol. The summed E-state index contributed by atoms with van der Waals surface area (Å²) in [6.07, 6.45) is 0. The fraction of sp³-hybridized carbons (Fsp3) is 0.222. The molecule has 0 fully saturated rings. The summed E-state index contributed by atoms with van der Waals surface area (Å²) in [5.41, 5.74) is -2.13. The molecule has 32 heavy (non-hydrogen) atoms. The van der Waals surface area contributed by atoms with E-state index in [1.54, 1.807) is 0 Å². The topological polar surface area (TPSA) is 150 Å². The highest BCUT2D eigenvalue weighted by atomic mass is 19.3. The number of hydrogen-bond acceptors (Lipinski definition) is 7. The number of nitro benzene ring substituents is 2. The van der Waals surface area contributed by atoms with E-state index in [1.165, 1.54) is 6.92 Å². The van der Waals surface area contributed by atoms with Crippen LogP contribution in [-0.2, 0) is 26.2 Å². The van der Waals surface area contributed by atoms with Crippen molar-refractivity contribution in [1.82, 2.24) is 0 Å². The van der Waals surface area contributed by atoms with Crippen LogP contribution in [0.2, 0.25) is 0 Å². The smallest absolute Gasteiger partial charge is 0.381 e. The number of carbonyl (C=O) groups is 2. The van der Waals surface area contributed by atoms with Gasteiger partial charge < -0.3 is 9.84 Å². The van der Waals surface area contributed by atoms with Gasteiger partial charge in [-0.2, -0.15) is 17.6 Å². The molecule has 0 bridgehead atoms. The molecule has 0 heterocycles. The second-order valence-corrected chi connectivity index (χ2v) is 5.78. The van der Waals surface area contributed by atoms with Gasteiger partial charge in [0, 0.05) is 35.4 Å². The maximum absolute atomic E-state index is 13.4. The molecule has 0 aliphatic heterocycles. The summed E-state index contributed by atoms with van der Waals surface area (Å²) >= 11 is 0. The number of hydrogen-bond donors (Lipinski definition) is 1. The van der Waals surface area contributed by atoms with Gasteiger partial charge in [0.05, 0.1) is 16.5 Å². The fourth-order valence-corrected chi connectivity index (χ4v) is 2.05. The summed E-state index contributed by atoms with van der Waals surface area (Å²) in [6.45, 7) is 1.24. The highest BCUT2D eigenvalue weighted by Crippen LogP contribution is 2.31. The minimum Gasteiger partial charge on any atom is -0.477 e. The molecular weight excluding hydrogens is 448 g/mol. The first-order valence-corrected chi connectivity index (χ1v) is 8.41. The largest absolute Gasteiger partial charge is 0.477 e. The molecule has 2 aromatic carbocycles. The van der Waals surface area contributed by atoms with Crippen molar-refractivity contribution in [3.8, 4) is 0 Å². The number of carboxylic acids is 1. The second-order valence-electron chi connectivity index (χ2n) is 5.78. The van der Waals surface area contributed by atoms with E-state index in [4.69, 9.17) is 5.11 Å². The lowest BCUT2D eigenvalue weighted by Gasteiger charge is -2.14. The van der Waals surface area contributed by atoms with Crippen LogP contribution in [0.4, 0.5) is 28.9 Å². The average Bonchev–Trinajstić information content (AvgIpc) is 2.74. The van der Waals surface area contributed by atoms with Gasteiger partial charge in [-0.15, -0.1) is 0 Å². The van der Waals surface area contributed by atoms with Gasteiger partial charge in [-0.25, -0.2) is 9.59 Å². The van der Waals surface area contributed by atoms with Gasteiger partial charge in [0.1, 0.15) is 0 Å². The number of halogens is 4. The number of nitro groups is 2. The quantitative estimate of drug-likeness (QED) is 0.281. The molecule has 0 saturated carbocycles. The molecule has 14 heteroatoms. The lowest BCUT2D eigenvalue weighted by atomic mass is 10.1. The van der Waals surface area contributed by atoms with E-state index < -0.39 is 44.8 Å². The molecule has 2 aromatic rings. The number of alkyl halides is 4. The third kappa shape index (κ3) is 6.20. The standard InChI is InChI=1S/C10H9F2NO4.C8H5F2NO4/c1-2-17-9(14)10(11,12)7-3-5-8(6-4-7)13(15)16;9-8(10,7(12)13)5-1-3-6(4-2-5)11(14)15/h3-6H,2H2,1H3;1-4H,(H,12,13). The van der Waals surface area contributed by atoms with Crippen molar-refractivity contribution in [2.75, 3.05) is 6.61 Å². The summed E-state index contributed by atoms with van der Waals surface area (Å²) in [6, 6.07) is 6.55. The zero-order chi connectivity index (χ0) is 24.7. The molecule has 2 rings (SSSR count). The molecule has 0 aliphatic rings. The van der Waals surface area contributed by atoms with Crippen LogP contribution in [0.25, 0.3) is 0 Å². The number of non-ortho nitro benzene ring substituents is 2. The van der Waals surface area contributed by atoms with Crippen LogP contribution in [0.5, 0.6) is 0 Å². The van der Waals surface area contributed by atoms with Gasteiger partial charge in [0.15, 0.2) is 0 Å². The number of carbonyl (C=O) groups excluding carboxylic acids is 1.